The molecular weight excluding hydrogens is 180 g/mol. The summed E-state index contributed by atoms with van der Waals surface area (Å²) in [7, 11) is -1.05. The summed E-state index contributed by atoms with van der Waals surface area (Å²) < 4.78 is 0. The molecule has 1 heterocycles. The lowest BCUT2D eigenvalue weighted by molar-refractivity contribution is 0.621. The summed E-state index contributed by atoms with van der Waals surface area (Å²) in [4.78, 5) is 0. The Bertz CT molecular complexity index is 229. The van der Waals surface area contributed by atoms with Gasteiger partial charge in [-0.25, -0.2) is 0 Å². The van der Waals surface area contributed by atoms with Crippen LogP contribution in [0.25, 0.3) is 0 Å². The molecule has 0 aromatic heterocycles. The van der Waals surface area contributed by atoms with Crippen molar-refractivity contribution in [2.45, 2.75) is 12.8 Å². The fourth-order valence-electron chi connectivity index (χ4n) is 1.06. The topological polar surface area (TPSA) is 0 Å². The standard InChI is InChI=1S/C7H10S3/c1-2-7-3-5-10(8,9)6-4-7/h1,7H,3-6H2. The van der Waals surface area contributed by atoms with Crippen molar-refractivity contribution < 1.29 is 0 Å². The van der Waals surface area contributed by atoms with Gasteiger partial charge >= 0.3 is 0 Å². The molecule has 3 heteroatoms. The zero-order chi connectivity index (χ0) is 7.61. The number of rotatable bonds is 0. The highest BCUT2D eigenvalue weighted by Gasteiger charge is 2.16. The molecule has 1 rings (SSSR count). The van der Waals surface area contributed by atoms with Crippen molar-refractivity contribution in [2.24, 2.45) is 5.92 Å². The first-order chi connectivity index (χ1) is 4.64. The van der Waals surface area contributed by atoms with Crippen LogP contribution in [0.5, 0.6) is 0 Å². The van der Waals surface area contributed by atoms with Gasteiger partial charge in [-0.1, -0.05) is 7.15 Å². The van der Waals surface area contributed by atoms with Gasteiger partial charge in [0.1, 0.15) is 0 Å². The molecule has 1 saturated heterocycles. The predicted octanol–water partition coefficient (Wildman–Crippen LogP) is 1.11. The smallest absolute Gasteiger partial charge is 0.0216 e. The highest BCUT2D eigenvalue weighted by Crippen LogP contribution is 2.17. The molecule has 0 aromatic carbocycles. The zero-order valence-corrected chi connectivity index (χ0v) is 8.16. The highest BCUT2D eigenvalue weighted by atomic mass is 33.1. The summed E-state index contributed by atoms with van der Waals surface area (Å²) in [5.41, 5.74) is 0. The minimum Gasteiger partial charge on any atom is -0.120 e. The third-order valence-electron chi connectivity index (χ3n) is 1.79. The van der Waals surface area contributed by atoms with Crippen LogP contribution in [0.2, 0.25) is 0 Å². The summed E-state index contributed by atoms with van der Waals surface area (Å²) in [6, 6.07) is 0. The Balaban J connectivity index is 2.56. The summed E-state index contributed by atoms with van der Waals surface area (Å²) in [6.45, 7) is 0. The molecule has 0 bridgehead atoms. The van der Waals surface area contributed by atoms with E-state index in [0.717, 1.165) is 24.3 Å². The Morgan fingerprint density at radius 2 is 1.80 bits per heavy atom. The van der Waals surface area contributed by atoms with E-state index < -0.39 is 7.15 Å². The molecule has 0 amide bonds. The van der Waals surface area contributed by atoms with Gasteiger partial charge in [0.2, 0.25) is 0 Å². The number of hydrogen-bond acceptors (Lipinski definition) is 2. The summed E-state index contributed by atoms with van der Waals surface area (Å²) in [5, 5.41) is 0. The SMILES string of the molecule is C#CC1CCS(=S)(=S)CC1. The van der Waals surface area contributed by atoms with Gasteiger partial charge in [0, 0.05) is 17.4 Å². The molecule has 0 spiro atoms. The van der Waals surface area contributed by atoms with E-state index in [1.54, 1.807) is 0 Å². The Morgan fingerprint density at radius 3 is 2.20 bits per heavy atom. The molecule has 0 saturated carbocycles. The van der Waals surface area contributed by atoms with E-state index in [-0.39, 0.29) is 0 Å². The first-order valence-corrected chi connectivity index (χ1v) is 7.13. The molecule has 0 unspecified atom stereocenters. The first-order valence-electron chi connectivity index (χ1n) is 3.30. The molecule has 0 atom stereocenters. The van der Waals surface area contributed by atoms with Crippen LogP contribution in [0.3, 0.4) is 0 Å². The summed E-state index contributed by atoms with van der Waals surface area (Å²) in [6.07, 6.45) is 7.42. The molecular formula is C7H10S3. The van der Waals surface area contributed by atoms with Crippen molar-refractivity contribution in [1.82, 2.24) is 0 Å². The molecule has 1 aliphatic heterocycles. The third kappa shape index (κ3) is 2.19. The minimum absolute atomic E-state index is 0.464. The second-order valence-electron chi connectivity index (χ2n) is 2.59. The fourth-order valence-corrected chi connectivity index (χ4v) is 3.70. The van der Waals surface area contributed by atoms with Gasteiger partial charge in [-0.05, 0) is 35.2 Å². The van der Waals surface area contributed by atoms with Gasteiger partial charge in [-0.15, -0.1) is 12.3 Å². The third-order valence-corrected chi connectivity index (χ3v) is 5.51. The lowest BCUT2D eigenvalue weighted by atomic mass is 10.1. The molecule has 0 aromatic rings. The molecule has 10 heavy (non-hydrogen) atoms. The average molecular weight is 190 g/mol. The zero-order valence-electron chi connectivity index (χ0n) is 5.71. The van der Waals surface area contributed by atoms with Crippen LogP contribution in [0.1, 0.15) is 12.8 Å². The van der Waals surface area contributed by atoms with Crippen molar-refractivity contribution in [3.8, 4) is 12.3 Å². The molecule has 1 aliphatic rings. The van der Waals surface area contributed by atoms with Crippen LogP contribution in [0, 0.1) is 18.3 Å². The maximum Gasteiger partial charge on any atom is 0.0216 e. The van der Waals surface area contributed by atoms with Crippen LogP contribution in [-0.2, 0) is 29.5 Å². The maximum absolute atomic E-state index is 5.28. The van der Waals surface area contributed by atoms with Gasteiger partial charge in [0.25, 0.3) is 0 Å². The Hall–Kier alpha value is 0.350. The molecule has 0 nitrogen and oxygen atoms in total. The largest absolute Gasteiger partial charge is 0.120 e. The van der Waals surface area contributed by atoms with E-state index in [1.165, 1.54) is 0 Å². The molecule has 0 N–H and O–H groups in total. The average Bonchev–Trinajstić information content (AvgIpc) is 1.88. The van der Waals surface area contributed by atoms with Crippen LogP contribution in [0.15, 0.2) is 0 Å². The van der Waals surface area contributed by atoms with E-state index in [4.69, 9.17) is 28.8 Å². The van der Waals surface area contributed by atoms with Crippen molar-refractivity contribution >= 4 is 29.5 Å². The summed E-state index contributed by atoms with van der Waals surface area (Å²) in [5.74, 6) is 5.27. The lowest BCUT2D eigenvalue weighted by Gasteiger charge is -2.20. The van der Waals surface area contributed by atoms with Crippen LogP contribution in [0.4, 0.5) is 0 Å². The maximum atomic E-state index is 5.28. The quantitative estimate of drug-likeness (QED) is 0.525. The van der Waals surface area contributed by atoms with E-state index in [1.807, 2.05) is 0 Å². The normalized spacial score (nSPS) is 25.5. The van der Waals surface area contributed by atoms with E-state index >= 15 is 0 Å². The van der Waals surface area contributed by atoms with Crippen LogP contribution < -0.4 is 0 Å². The van der Waals surface area contributed by atoms with Crippen LogP contribution >= 0.6 is 0 Å². The van der Waals surface area contributed by atoms with E-state index in [0.29, 0.717) is 5.92 Å². The Labute approximate surface area is 72.2 Å². The van der Waals surface area contributed by atoms with E-state index in [2.05, 4.69) is 5.92 Å². The predicted molar refractivity (Wildman–Crippen MR) is 53.4 cm³/mol. The van der Waals surface area contributed by atoms with Crippen molar-refractivity contribution in [3.63, 3.8) is 0 Å². The second-order valence-corrected chi connectivity index (χ2v) is 9.36. The fraction of sp³-hybridized carbons (Fsp3) is 0.714. The van der Waals surface area contributed by atoms with Crippen molar-refractivity contribution in [2.75, 3.05) is 11.5 Å². The highest BCUT2D eigenvalue weighted by molar-refractivity contribution is 8.56. The number of terminal acetylenes is 1. The van der Waals surface area contributed by atoms with Gasteiger partial charge in [0.05, 0.1) is 0 Å². The van der Waals surface area contributed by atoms with Gasteiger partial charge in [-0.3, -0.25) is 0 Å². The van der Waals surface area contributed by atoms with Crippen molar-refractivity contribution in [3.05, 3.63) is 0 Å². The Kier molecular flexibility index (Phi) is 2.67. The minimum atomic E-state index is -1.05. The molecule has 56 valence electrons. The molecule has 1 fully saturated rings. The lowest BCUT2D eigenvalue weighted by Crippen LogP contribution is -2.20. The number of hydrogen-bond donors (Lipinski definition) is 0. The van der Waals surface area contributed by atoms with Gasteiger partial charge in [0.15, 0.2) is 0 Å². The van der Waals surface area contributed by atoms with Gasteiger partial charge in [-0.2, -0.15) is 0 Å². The Morgan fingerprint density at radius 1 is 1.30 bits per heavy atom. The van der Waals surface area contributed by atoms with E-state index in [9.17, 15) is 0 Å². The molecule has 0 radical (unpaired) electrons. The van der Waals surface area contributed by atoms with Gasteiger partial charge < -0.3 is 0 Å². The first kappa shape index (κ1) is 8.45. The van der Waals surface area contributed by atoms with Crippen molar-refractivity contribution in [1.29, 1.82) is 0 Å². The monoisotopic (exact) mass is 190 g/mol. The molecule has 0 aliphatic carbocycles. The summed E-state index contributed by atoms with van der Waals surface area (Å²) >= 11 is 10.5. The van der Waals surface area contributed by atoms with Crippen LogP contribution in [-0.4, -0.2) is 11.5 Å². The second kappa shape index (κ2) is 3.17.